The molecule has 3 nitrogen and oxygen atoms in total. The Morgan fingerprint density at radius 1 is 0.265 bits per heavy atom. The van der Waals surface area contributed by atoms with Crippen LogP contribution in [0.1, 0.15) is 0 Å². The van der Waals surface area contributed by atoms with Gasteiger partial charge in [0, 0.05) is 33.8 Å². The zero-order valence-electron chi connectivity index (χ0n) is 26.9. The van der Waals surface area contributed by atoms with Gasteiger partial charge in [0.15, 0.2) is 5.82 Å². The first-order valence-corrected chi connectivity index (χ1v) is 16.5. The van der Waals surface area contributed by atoms with Gasteiger partial charge in [-0.2, -0.15) is 0 Å². The van der Waals surface area contributed by atoms with Crippen LogP contribution in [0.25, 0.3) is 56.2 Å². The molecule has 0 fully saturated rings. The molecule has 0 bridgehead atoms. The molecule has 0 unspecified atom stereocenters. The van der Waals surface area contributed by atoms with Crippen LogP contribution in [0.4, 0.5) is 17.1 Å². The van der Waals surface area contributed by atoms with Gasteiger partial charge in [0.05, 0.1) is 11.4 Å². The van der Waals surface area contributed by atoms with Crippen molar-refractivity contribution in [3.8, 4) is 56.2 Å². The molecular formula is C46H33N3. The predicted octanol–water partition coefficient (Wildman–Crippen LogP) is 12.3. The lowest BCUT2D eigenvalue weighted by atomic mass is 10.0. The highest BCUT2D eigenvalue weighted by Crippen LogP contribution is 2.38. The molecule has 0 saturated heterocycles. The molecule has 0 aliphatic rings. The smallest absolute Gasteiger partial charge is 0.160 e. The summed E-state index contributed by atoms with van der Waals surface area (Å²) in [6, 6.07) is 69.8. The van der Waals surface area contributed by atoms with Crippen molar-refractivity contribution >= 4 is 17.1 Å². The second kappa shape index (κ2) is 13.6. The zero-order valence-corrected chi connectivity index (χ0v) is 26.9. The number of anilines is 3. The first kappa shape index (κ1) is 29.8. The zero-order chi connectivity index (χ0) is 32.8. The summed E-state index contributed by atoms with van der Waals surface area (Å²) >= 11 is 0. The Hall–Kier alpha value is -6.58. The van der Waals surface area contributed by atoms with E-state index < -0.39 is 0 Å². The van der Waals surface area contributed by atoms with Gasteiger partial charge in [-0.1, -0.05) is 158 Å². The Bertz CT molecular complexity index is 2130. The molecule has 0 aliphatic carbocycles. The maximum Gasteiger partial charge on any atom is 0.160 e. The van der Waals surface area contributed by atoms with Gasteiger partial charge in [-0.25, -0.2) is 9.97 Å². The van der Waals surface area contributed by atoms with Crippen molar-refractivity contribution in [2.75, 3.05) is 4.90 Å². The first-order chi connectivity index (χ1) is 24.3. The van der Waals surface area contributed by atoms with E-state index in [9.17, 15) is 0 Å². The molecule has 7 aromatic carbocycles. The van der Waals surface area contributed by atoms with Crippen molar-refractivity contribution < 1.29 is 0 Å². The molecule has 232 valence electrons. The van der Waals surface area contributed by atoms with E-state index in [1.807, 2.05) is 36.4 Å². The van der Waals surface area contributed by atoms with Gasteiger partial charge in [0.2, 0.25) is 0 Å². The number of benzene rings is 7. The molecule has 0 radical (unpaired) electrons. The molecule has 8 aromatic rings. The summed E-state index contributed by atoms with van der Waals surface area (Å²) in [6.07, 6.45) is 0. The lowest BCUT2D eigenvalue weighted by Crippen LogP contribution is -2.09. The van der Waals surface area contributed by atoms with Gasteiger partial charge >= 0.3 is 0 Å². The summed E-state index contributed by atoms with van der Waals surface area (Å²) in [5.74, 6) is 0.708. The van der Waals surface area contributed by atoms with Crippen LogP contribution in [0.3, 0.4) is 0 Å². The molecule has 0 aliphatic heterocycles. The highest BCUT2D eigenvalue weighted by Gasteiger charge is 2.15. The standard InChI is InChI=1S/C46H33N3/c1-5-13-34(14-6-1)36-21-27-41(28-22-36)49(42-29-23-37(24-30-42)35-15-7-2-8-16-35)43-31-25-39(26-32-43)45-33-44(38-17-9-3-10-18-38)47-46(48-45)40-19-11-4-12-20-40/h1-33H. The third-order valence-corrected chi connectivity index (χ3v) is 8.71. The fraction of sp³-hybridized carbons (Fsp3) is 0. The molecule has 0 saturated carbocycles. The van der Waals surface area contributed by atoms with E-state index >= 15 is 0 Å². The van der Waals surface area contributed by atoms with Crippen LogP contribution in [-0.4, -0.2) is 9.97 Å². The maximum atomic E-state index is 5.04. The van der Waals surface area contributed by atoms with Crippen LogP contribution in [0, 0.1) is 0 Å². The Kier molecular flexibility index (Phi) is 8.30. The molecule has 3 heteroatoms. The molecule has 8 rings (SSSR count). The SMILES string of the molecule is c1ccc(-c2ccc(N(c3ccc(-c4ccccc4)cc3)c3ccc(-c4cc(-c5ccccc5)nc(-c5ccccc5)n4)cc3)cc2)cc1. The van der Waals surface area contributed by atoms with Crippen LogP contribution >= 0.6 is 0 Å². The van der Waals surface area contributed by atoms with Crippen molar-refractivity contribution in [2.24, 2.45) is 0 Å². The van der Waals surface area contributed by atoms with E-state index in [0.29, 0.717) is 5.82 Å². The topological polar surface area (TPSA) is 29.0 Å². The van der Waals surface area contributed by atoms with E-state index in [0.717, 1.165) is 45.1 Å². The normalized spacial score (nSPS) is 10.9. The third-order valence-electron chi connectivity index (χ3n) is 8.71. The predicted molar refractivity (Wildman–Crippen MR) is 204 cm³/mol. The minimum atomic E-state index is 0.708. The van der Waals surface area contributed by atoms with Crippen LogP contribution < -0.4 is 4.90 Å². The fourth-order valence-electron chi connectivity index (χ4n) is 6.16. The van der Waals surface area contributed by atoms with E-state index in [1.165, 1.54) is 22.3 Å². The number of rotatable bonds is 8. The summed E-state index contributed by atoms with van der Waals surface area (Å²) in [5.41, 5.74) is 12.8. The van der Waals surface area contributed by atoms with Gasteiger partial charge in [-0.3, -0.25) is 0 Å². The van der Waals surface area contributed by atoms with E-state index in [1.54, 1.807) is 0 Å². The Morgan fingerprint density at radius 2 is 0.551 bits per heavy atom. The van der Waals surface area contributed by atoms with Gasteiger partial charge in [-0.15, -0.1) is 0 Å². The summed E-state index contributed by atoms with van der Waals surface area (Å²) in [5, 5.41) is 0. The highest BCUT2D eigenvalue weighted by molar-refractivity contribution is 5.81. The fourth-order valence-corrected chi connectivity index (χ4v) is 6.16. The summed E-state index contributed by atoms with van der Waals surface area (Å²) in [6.45, 7) is 0. The monoisotopic (exact) mass is 627 g/mol. The molecule has 0 atom stereocenters. The molecule has 0 amide bonds. The number of hydrogen-bond acceptors (Lipinski definition) is 3. The average molecular weight is 628 g/mol. The van der Waals surface area contributed by atoms with Gasteiger partial charge in [0.25, 0.3) is 0 Å². The highest BCUT2D eigenvalue weighted by atomic mass is 15.1. The molecule has 0 N–H and O–H groups in total. The van der Waals surface area contributed by atoms with E-state index in [-0.39, 0.29) is 0 Å². The first-order valence-electron chi connectivity index (χ1n) is 16.5. The lowest BCUT2D eigenvalue weighted by Gasteiger charge is -2.26. The average Bonchev–Trinajstić information content (AvgIpc) is 3.20. The van der Waals surface area contributed by atoms with E-state index in [2.05, 4.69) is 169 Å². The minimum absolute atomic E-state index is 0.708. The van der Waals surface area contributed by atoms with E-state index in [4.69, 9.17) is 9.97 Å². The molecular weight excluding hydrogens is 595 g/mol. The quantitative estimate of drug-likeness (QED) is 0.168. The van der Waals surface area contributed by atoms with Crippen molar-refractivity contribution in [3.63, 3.8) is 0 Å². The summed E-state index contributed by atoms with van der Waals surface area (Å²) in [4.78, 5) is 12.3. The Balaban J connectivity index is 1.19. The number of aromatic nitrogens is 2. The third kappa shape index (κ3) is 6.51. The van der Waals surface area contributed by atoms with Crippen LogP contribution in [0.2, 0.25) is 0 Å². The molecule has 1 aromatic heterocycles. The van der Waals surface area contributed by atoms with Gasteiger partial charge < -0.3 is 4.90 Å². The second-order valence-corrected chi connectivity index (χ2v) is 11.9. The van der Waals surface area contributed by atoms with Crippen molar-refractivity contribution in [1.29, 1.82) is 0 Å². The minimum Gasteiger partial charge on any atom is -0.311 e. The van der Waals surface area contributed by atoms with Crippen molar-refractivity contribution in [2.45, 2.75) is 0 Å². The summed E-state index contributed by atoms with van der Waals surface area (Å²) in [7, 11) is 0. The van der Waals surface area contributed by atoms with Gasteiger partial charge in [-0.05, 0) is 64.7 Å². The maximum absolute atomic E-state index is 5.04. The Labute approximate surface area is 287 Å². The van der Waals surface area contributed by atoms with Crippen molar-refractivity contribution in [3.05, 3.63) is 200 Å². The number of hydrogen-bond donors (Lipinski definition) is 0. The molecule has 49 heavy (non-hydrogen) atoms. The second-order valence-electron chi connectivity index (χ2n) is 11.9. The molecule has 0 spiro atoms. The largest absolute Gasteiger partial charge is 0.311 e. The number of nitrogens with zero attached hydrogens (tertiary/aromatic N) is 3. The van der Waals surface area contributed by atoms with Crippen LogP contribution in [0.15, 0.2) is 200 Å². The lowest BCUT2D eigenvalue weighted by molar-refractivity contribution is 1.18. The Morgan fingerprint density at radius 3 is 0.939 bits per heavy atom. The van der Waals surface area contributed by atoms with Gasteiger partial charge in [0.1, 0.15) is 0 Å². The van der Waals surface area contributed by atoms with Crippen LogP contribution in [0.5, 0.6) is 0 Å². The van der Waals surface area contributed by atoms with Crippen molar-refractivity contribution in [1.82, 2.24) is 9.97 Å². The van der Waals surface area contributed by atoms with Crippen LogP contribution in [-0.2, 0) is 0 Å². The summed E-state index contributed by atoms with van der Waals surface area (Å²) < 4.78 is 0. The molecule has 1 heterocycles.